The molecule has 3 heterocycles. The van der Waals surface area contributed by atoms with Crippen LogP contribution in [0.2, 0.25) is 0 Å². The number of aliphatic carboxylic acids is 1. The molecule has 222 valence electrons. The van der Waals surface area contributed by atoms with E-state index < -0.39 is 11.6 Å². The number of benzene rings is 2. The van der Waals surface area contributed by atoms with E-state index in [1.165, 1.54) is 0 Å². The van der Waals surface area contributed by atoms with Crippen LogP contribution < -0.4 is 9.64 Å². The van der Waals surface area contributed by atoms with E-state index in [1.807, 2.05) is 37.3 Å². The van der Waals surface area contributed by atoms with Crippen LogP contribution in [0.1, 0.15) is 59.7 Å². The van der Waals surface area contributed by atoms with Crippen LogP contribution in [0.15, 0.2) is 41.8 Å². The summed E-state index contributed by atoms with van der Waals surface area (Å²) < 4.78 is 6.35. The third-order valence-corrected chi connectivity index (χ3v) is 10.1. The molecule has 2 aromatic carbocycles. The summed E-state index contributed by atoms with van der Waals surface area (Å²) in [5.74, 6) is 0.186. The van der Waals surface area contributed by atoms with Crippen molar-refractivity contribution >= 4 is 28.3 Å². The fourth-order valence-corrected chi connectivity index (χ4v) is 7.85. The summed E-state index contributed by atoms with van der Waals surface area (Å²) in [7, 11) is 0. The first-order chi connectivity index (χ1) is 20.1. The lowest BCUT2D eigenvalue weighted by atomic mass is 9.85. The maximum Gasteiger partial charge on any atom is 0.307 e. The number of rotatable bonds is 7. The minimum absolute atomic E-state index is 0.0501. The zero-order valence-corrected chi connectivity index (χ0v) is 25.3. The van der Waals surface area contributed by atoms with Crippen molar-refractivity contribution in [2.24, 2.45) is 17.8 Å². The Morgan fingerprint density at radius 2 is 1.88 bits per heavy atom. The molecule has 2 saturated heterocycles. The van der Waals surface area contributed by atoms with Crippen molar-refractivity contribution in [3.05, 3.63) is 64.0 Å². The molecule has 1 amide bonds. The Morgan fingerprint density at radius 3 is 2.57 bits per heavy atom. The Balaban J connectivity index is 1.15. The lowest BCUT2D eigenvalue weighted by molar-refractivity contribution is -0.144. The highest BCUT2D eigenvalue weighted by molar-refractivity contribution is 7.14. The fraction of sp³-hybridized carbons (Fsp3) is 0.485. The SMILES string of the molecule is Cc1ccc(OCc2ccc(C(=O)N3CCCC(C)(O)C3)cc2C)c(-c2csc(N3CC4CC[C@@H](C3)[C@H]4C(=O)O)n2)c1. The number of carbonyl (C=O) groups excluding carboxylic acids is 1. The molecule has 8 nitrogen and oxygen atoms in total. The van der Waals surface area contributed by atoms with Gasteiger partial charge in [0.2, 0.25) is 0 Å². The Kier molecular flexibility index (Phi) is 7.74. The first kappa shape index (κ1) is 28.7. The summed E-state index contributed by atoms with van der Waals surface area (Å²) >= 11 is 1.60. The summed E-state index contributed by atoms with van der Waals surface area (Å²) in [5.41, 5.74) is 4.67. The van der Waals surface area contributed by atoms with Gasteiger partial charge in [-0.3, -0.25) is 9.59 Å². The summed E-state index contributed by atoms with van der Waals surface area (Å²) in [6, 6.07) is 11.8. The summed E-state index contributed by atoms with van der Waals surface area (Å²) in [5, 5.41) is 23.1. The second-order valence-corrected chi connectivity index (χ2v) is 13.5. The van der Waals surface area contributed by atoms with Crippen LogP contribution >= 0.6 is 11.3 Å². The quantitative estimate of drug-likeness (QED) is 0.373. The lowest BCUT2D eigenvalue weighted by Gasteiger charge is -2.36. The average Bonchev–Trinajstić information content (AvgIpc) is 3.54. The van der Waals surface area contributed by atoms with Crippen LogP contribution in [0.3, 0.4) is 0 Å². The number of carboxylic acid groups (broad SMARTS) is 1. The second kappa shape index (κ2) is 11.3. The first-order valence-electron chi connectivity index (χ1n) is 14.9. The van der Waals surface area contributed by atoms with Gasteiger partial charge in [0.05, 0.1) is 17.2 Å². The molecule has 2 aliphatic heterocycles. The van der Waals surface area contributed by atoms with Gasteiger partial charge in [-0.2, -0.15) is 0 Å². The van der Waals surface area contributed by atoms with Crippen LogP contribution in [0.5, 0.6) is 5.75 Å². The summed E-state index contributed by atoms with van der Waals surface area (Å²) in [4.78, 5) is 33.9. The molecular weight excluding hydrogens is 550 g/mol. The van der Waals surface area contributed by atoms with E-state index in [2.05, 4.69) is 23.3 Å². The molecule has 9 heteroatoms. The number of aliphatic hydroxyl groups is 1. The highest BCUT2D eigenvalue weighted by atomic mass is 32.1. The number of β-amino-alcohol motifs (C(OH)–C–C–N with tert-alkyl or cyclic N) is 1. The Labute approximate surface area is 251 Å². The minimum atomic E-state index is -0.836. The van der Waals surface area contributed by atoms with E-state index in [9.17, 15) is 19.8 Å². The number of fused-ring (bicyclic) bond motifs is 2. The molecule has 1 aromatic heterocycles. The Hall–Kier alpha value is -3.43. The number of piperidine rings is 2. The Morgan fingerprint density at radius 1 is 1.12 bits per heavy atom. The van der Waals surface area contributed by atoms with Crippen LogP contribution in [0.25, 0.3) is 11.3 Å². The zero-order valence-electron chi connectivity index (χ0n) is 24.5. The van der Waals surface area contributed by atoms with Gasteiger partial charge in [-0.25, -0.2) is 4.98 Å². The maximum absolute atomic E-state index is 13.1. The molecule has 1 saturated carbocycles. The van der Waals surface area contributed by atoms with Crippen molar-refractivity contribution in [3.8, 4) is 17.0 Å². The van der Waals surface area contributed by atoms with Gasteiger partial charge in [-0.15, -0.1) is 11.3 Å². The normalized spacial score (nSPS) is 25.5. The van der Waals surface area contributed by atoms with E-state index in [0.717, 1.165) is 71.2 Å². The minimum Gasteiger partial charge on any atom is -0.488 e. The van der Waals surface area contributed by atoms with Crippen molar-refractivity contribution in [2.75, 3.05) is 31.1 Å². The monoisotopic (exact) mass is 589 g/mol. The van der Waals surface area contributed by atoms with Crippen LogP contribution in [-0.2, 0) is 11.4 Å². The van der Waals surface area contributed by atoms with E-state index in [0.29, 0.717) is 31.7 Å². The number of carboxylic acids is 1. The summed E-state index contributed by atoms with van der Waals surface area (Å²) in [6.07, 6.45) is 3.46. The lowest BCUT2D eigenvalue weighted by Crippen LogP contribution is -2.48. The van der Waals surface area contributed by atoms with Gasteiger partial charge in [-0.1, -0.05) is 17.7 Å². The number of amides is 1. The molecule has 2 N–H and O–H groups in total. The van der Waals surface area contributed by atoms with Crippen molar-refractivity contribution in [1.29, 1.82) is 0 Å². The molecule has 1 aliphatic carbocycles. The standard InChI is InChI=1S/C33H39N3O5S/c1-20-5-10-28(41-17-25-9-6-22(14-21(25)2)30(37)35-12-4-11-33(3,40)19-35)26(13-20)27-18-42-32(34-27)36-15-23-7-8-24(16-36)29(23)31(38)39/h5-6,9-10,13-14,18,23-24,29,40H,4,7-8,11-12,15-17,19H2,1-3H3,(H,38,39)/t23-,24?,29+,33?/m0/s1. The van der Waals surface area contributed by atoms with E-state index >= 15 is 0 Å². The van der Waals surface area contributed by atoms with E-state index in [1.54, 1.807) is 23.2 Å². The molecule has 3 aromatic rings. The van der Waals surface area contributed by atoms with Crippen molar-refractivity contribution in [1.82, 2.24) is 9.88 Å². The molecule has 42 heavy (non-hydrogen) atoms. The molecule has 0 spiro atoms. The largest absolute Gasteiger partial charge is 0.488 e. The number of likely N-dealkylation sites (tertiary alicyclic amines) is 1. The average molecular weight is 590 g/mol. The number of anilines is 1. The number of nitrogens with zero attached hydrogens (tertiary/aromatic N) is 3. The number of aromatic nitrogens is 1. The first-order valence-corrected chi connectivity index (χ1v) is 15.7. The molecule has 4 atom stereocenters. The molecule has 2 unspecified atom stereocenters. The van der Waals surface area contributed by atoms with Gasteiger partial charge >= 0.3 is 5.97 Å². The molecule has 0 radical (unpaired) electrons. The number of hydrogen-bond acceptors (Lipinski definition) is 7. The van der Waals surface area contributed by atoms with Gasteiger partial charge < -0.3 is 24.7 Å². The highest BCUT2D eigenvalue weighted by Crippen LogP contribution is 2.44. The van der Waals surface area contributed by atoms with Crippen molar-refractivity contribution in [3.63, 3.8) is 0 Å². The number of carbonyl (C=O) groups is 2. The van der Waals surface area contributed by atoms with Crippen LogP contribution in [-0.4, -0.2) is 63.8 Å². The topological polar surface area (TPSA) is 103 Å². The van der Waals surface area contributed by atoms with Gasteiger partial charge in [0.1, 0.15) is 12.4 Å². The third-order valence-electron chi connectivity index (χ3n) is 9.23. The molecule has 3 aliphatic rings. The molecule has 2 bridgehead atoms. The highest BCUT2D eigenvalue weighted by Gasteiger charge is 2.46. The van der Waals surface area contributed by atoms with Crippen molar-refractivity contribution < 1.29 is 24.5 Å². The van der Waals surface area contributed by atoms with Crippen LogP contribution in [0, 0.1) is 31.6 Å². The number of thiazole rings is 1. The zero-order chi connectivity index (χ0) is 29.6. The van der Waals surface area contributed by atoms with Gasteiger partial charge in [0.25, 0.3) is 5.91 Å². The fourth-order valence-electron chi connectivity index (χ4n) is 7.01. The number of aryl methyl sites for hydroxylation is 2. The van der Waals surface area contributed by atoms with Crippen molar-refractivity contribution in [2.45, 2.75) is 58.7 Å². The van der Waals surface area contributed by atoms with Gasteiger partial charge in [-0.05, 0) is 93.7 Å². The predicted molar refractivity (Wildman–Crippen MR) is 163 cm³/mol. The van der Waals surface area contributed by atoms with Crippen LogP contribution in [0.4, 0.5) is 5.13 Å². The van der Waals surface area contributed by atoms with E-state index in [-0.39, 0.29) is 23.7 Å². The summed E-state index contributed by atoms with van der Waals surface area (Å²) in [6.45, 7) is 8.69. The third kappa shape index (κ3) is 5.77. The van der Waals surface area contributed by atoms with Gasteiger partial charge in [0.15, 0.2) is 5.13 Å². The number of ether oxygens (including phenoxy) is 1. The molecular formula is C33H39N3O5S. The number of hydrogen-bond donors (Lipinski definition) is 2. The van der Waals surface area contributed by atoms with E-state index in [4.69, 9.17) is 9.72 Å². The molecule has 3 fully saturated rings. The smallest absolute Gasteiger partial charge is 0.307 e. The maximum atomic E-state index is 13.1. The van der Waals surface area contributed by atoms with Gasteiger partial charge in [0, 0.05) is 42.7 Å². The second-order valence-electron chi connectivity index (χ2n) is 12.6. The predicted octanol–water partition coefficient (Wildman–Crippen LogP) is 5.54. The molecule has 6 rings (SSSR count). The Bertz CT molecular complexity index is 1490.